The van der Waals surface area contributed by atoms with Gasteiger partial charge in [0.05, 0.1) is 21.7 Å². The highest BCUT2D eigenvalue weighted by Crippen LogP contribution is 2.35. The van der Waals surface area contributed by atoms with Crippen LogP contribution in [0.3, 0.4) is 0 Å². The van der Waals surface area contributed by atoms with Gasteiger partial charge < -0.3 is 10.6 Å². The maximum atomic E-state index is 6.07. The van der Waals surface area contributed by atoms with E-state index in [0.717, 1.165) is 25.2 Å². The normalized spacial score (nSPS) is 14.1. The molecular weight excluding hydrogens is 296 g/mol. The molecule has 2 heterocycles. The molecule has 2 N–H and O–H groups in total. The van der Waals surface area contributed by atoms with Crippen LogP contribution in [0.4, 0.5) is 11.4 Å². The van der Waals surface area contributed by atoms with Crippen molar-refractivity contribution in [1.29, 1.82) is 0 Å². The maximum absolute atomic E-state index is 6.07. The first-order valence-corrected chi connectivity index (χ1v) is 7.21. The average Bonchev–Trinajstić information content (AvgIpc) is 2.88. The van der Waals surface area contributed by atoms with Gasteiger partial charge >= 0.3 is 0 Å². The Bertz CT molecular complexity index is 550. The Morgan fingerprint density at radius 2 is 2.18 bits per heavy atom. The Kier molecular flexibility index (Phi) is 2.84. The Morgan fingerprint density at radius 3 is 2.94 bits per heavy atom. The molecule has 0 amide bonds. The zero-order valence-electron chi connectivity index (χ0n) is 9.32. The van der Waals surface area contributed by atoms with Crippen molar-refractivity contribution >= 4 is 38.6 Å². The molecule has 0 saturated heterocycles. The summed E-state index contributed by atoms with van der Waals surface area (Å²) < 4.78 is 1.19. The topological polar surface area (TPSA) is 29.3 Å². The standard InChI is InChI=1S/C13H13BrN2S/c14-12-5-4-10(17-12)8-16-7-6-9-2-1-3-11(15)13(9)16/h1-5H,6-8,15H2. The van der Waals surface area contributed by atoms with E-state index in [1.807, 2.05) is 12.1 Å². The molecule has 0 fully saturated rings. The quantitative estimate of drug-likeness (QED) is 0.858. The lowest BCUT2D eigenvalue weighted by Crippen LogP contribution is -2.19. The predicted molar refractivity (Wildman–Crippen MR) is 77.6 cm³/mol. The van der Waals surface area contributed by atoms with E-state index in [0.29, 0.717) is 0 Å². The second kappa shape index (κ2) is 4.35. The molecule has 1 aliphatic rings. The van der Waals surface area contributed by atoms with Crippen LogP contribution in [0.2, 0.25) is 0 Å². The van der Waals surface area contributed by atoms with Crippen molar-refractivity contribution < 1.29 is 0 Å². The molecule has 17 heavy (non-hydrogen) atoms. The summed E-state index contributed by atoms with van der Waals surface area (Å²) in [6.45, 7) is 2.02. The van der Waals surface area contributed by atoms with E-state index in [1.54, 1.807) is 11.3 Å². The van der Waals surface area contributed by atoms with E-state index in [-0.39, 0.29) is 0 Å². The number of anilines is 2. The molecule has 0 aliphatic carbocycles. The van der Waals surface area contributed by atoms with Crippen molar-refractivity contribution in [1.82, 2.24) is 0 Å². The van der Waals surface area contributed by atoms with E-state index in [2.05, 4.69) is 39.0 Å². The minimum absolute atomic E-state index is 0.899. The van der Waals surface area contributed by atoms with Gasteiger partial charge in [0.1, 0.15) is 0 Å². The average molecular weight is 309 g/mol. The lowest BCUT2D eigenvalue weighted by molar-refractivity contribution is 0.847. The van der Waals surface area contributed by atoms with Gasteiger partial charge in [-0.3, -0.25) is 0 Å². The number of halogens is 1. The summed E-state index contributed by atoms with van der Waals surface area (Å²) in [6, 6.07) is 10.5. The Hall–Kier alpha value is -1.000. The monoisotopic (exact) mass is 308 g/mol. The molecule has 0 bridgehead atoms. The molecule has 2 aromatic rings. The van der Waals surface area contributed by atoms with Gasteiger partial charge in [-0.15, -0.1) is 11.3 Å². The third-order valence-corrected chi connectivity index (χ3v) is 4.70. The van der Waals surface area contributed by atoms with Crippen molar-refractivity contribution in [3.63, 3.8) is 0 Å². The summed E-state index contributed by atoms with van der Waals surface area (Å²) in [7, 11) is 0. The molecular formula is C13H13BrN2S. The van der Waals surface area contributed by atoms with E-state index in [4.69, 9.17) is 5.73 Å². The van der Waals surface area contributed by atoms with Crippen LogP contribution in [0.1, 0.15) is 10.4 Å². The minimum Gasteiger partial charge on any atom is -0.397 e. The second-order valence-corrected chi connectivity index (χ2v) is 6.78. The number of hydrogen-bond acceptors (Lipinski definition) is 3. The number of nitrogens with zero attached hydrogens (tertiary/aromatic N) is 1. The highest BCUT2D eigenvalue weighted by Gasteiger charge is 2.21. The first-order chi connectivity index (χ1) is 8.24. The van der Waals surface area contributed by atoms with E-state index < -0.39 is 0 Å². The molecule has 0 saturated carbocycles. The van der Waals surface area contributed by atoms with Crippen LogP contribution in [0, 0.1) is 0 Å². The summed E-state index contributed by atoms with van der Waals surface area (Å²) >= 11 is 5.29. The molecule has 0 radical (unpaired) electrons. The molecule has 0 atom stereocenters. The summed E-state index contributed by atoms with van der Waals surface area (Å²) in [4.78, 5) is 3.75. The number of para-hydroxylation sites is 1. The highest BCUT2D eigenvalue weighted by atomic mass is 79.9. The van der Waals surface area contributed by atoms with Crippen molar-refractivity contribution in [3.8, 4) is 0 Å². The van der Waals surface area contributed by atoms with Gasteiger partial charge in [0.25, 0.3) is 0 Å². The van der Waals surface area contributed by atoms with E-state index in [1.165, 1.54) is 19.9 Å². The third kappa shape index (κ3) is 2.07. The largest absolute Gasteiger partial charge is 0.397 e. The van der Waals surface area contributed by atoms with E-state index >= 15 is 0 Å². The van der Waals surface area contributed by atoms with Crippen molar-refractivity contribution in [2.45, 2.75) is 13.0 Å². The lowest BCUT2D eigenvalue weighted by atomic mass is 10.1. The SMILES string of the molecule is Nc1cccc2c1N(Cc1ccc(Br)s1)CC2. The fourth-order valence-corrected chi connectivity index (χ4v) is 3.85. The fourth-order valence-electron chi connectivity index (χ4n) is 2.35. The molecule has 4 heteroatoms. The van der Waals surface area contributed by atoms with Crippen LogP contribution in [-0.4, -0.2) is 6.54 Å². The van der Waals surface area contributed by atoms with Crippen LogP contribution in [-0.2, 0) is 13.0 Å². The fraction of sp³-hybridized carbons (Fsp3) is 0.231. The van der Waals surface area contributed by atoms with Gasteiger partial charge in [-0.05, 0) is 46.1 Å². The van der Waals surface area contributed by atoms with Crippen LogP contribution in [0.15, 0.2) is 34.1 Å². The predicted octanol–water partition coefficient (Wildman–Crippen LogP) is 3.66. The minimum atomic E-state index is 0.899. The summed E-state index contributed by atoms with van der Waals surface area (Å²) in [5.74, 6) is 0. The molecule has 88 valence electrons. The second-order valence-electron chi connectivity index (χ2n) is 4.23. The number of thiophene rings is 1. The van der Waals surface area contributed by atoms with Crippen LogP contribution < -0.4 is 10.6 Å². The number of benzene rings is 1. The Labute approximate surface area is 113 Å². The third-order valence-electron chi connectivity index (χ3n) is 3.09. The number of nitrogens with two attached hydrogens (primary N) is 1. The number of hydrogen-bond donors (Lipinski definition) is 1. The highest BCUT2D eigenvalue weighted by molar-refractivity contribution is 9.11. The molecule has 1 aromatic heterocycles. The smallest absolute Gasteiger partial charge is 0.0702 e. The van der Waals surface area contributed by atoms with Gasteiger partial charge in [-0.1, -0.05) is 12.1 Å². The van der Waals surface area contributed by atoms with Crippen molar-refractivity contribution in [3.05, 3.63) is 44.6 Å². The number of nitrogen functional groups attached to an aromatic ring is 1. The lowest BCUT2D eigenvalue weighted by Gasteiger charge is -2.20. The summed E-state index contributed by atoms with van der Waals surface area (Å²) in [6.07, 6.45) is 1.10. The van der Waals surface area contributed by atoms with Gasteiger partial charge in [0.15, 0.2) is 0 Å². The Balaban J connectivity index is 1.89. The molecule has 2 nitrogen and oxygen atoms in total. The maximum Gasteiger partial charge on any atom is 0.0702 e. The van der Waals surface area contributed by atoms with Gasteiger partial charge in [0.2, 0.25) is 0 Å². The summed E-state index contributed by atoms with van der Waals surface area (Å²) in [5, 5.41) is 0. The summed E-state index contributed by atoms with van der Waals surface area (Å²) in [5.41, 5.74) is 9.58. The van der Waals surface area contributed by atoms with Gasteiger partial charge in [-0.25, -0.2) is 0 Å². The zero-order valence-corrected chi connectivity index (χ0v) is 11.7. The zero-order chi connectivity index (χ0) is 11.8. The first-order valence-electron chi connectivity index (χ1n) is 5.60. The molecule has 0 spiro atoms. The van der Waals surface area contributed by atoms with Crippen LogP contribution >= 0.6 is 27.3 Å². The molecule has 0 unspecified atom stereocenters. The number of rotatable bonds is 2. The first kappa shape index (κ1) is 11.1. The van der Waals surface area contributed by atoms with Gasteiger partial charge in [-0.2, -0.15) is 0 Å². The van der Waals surface area contributed by atoms with Crippen LogP contribution in [0.25, 0.3) is 0 Å². The molecule has 1 aromatic carbocycles. The van der Waals surface area contributed by atoms with Gasteiger partial charge in [0, 0.05) is 11.4 Å². The van der Waals surface area contributed by atoms with Crippen molar-refractivity contribution in [2.24, 2.45) is 0 Å². The molecule has 1 aliphatic heterocycles. The molecule has 3 rings (SSSR count). The van der Waals surface area contributed by atoms with Crippen LogP contribution in [0.5, 0.6) is 0 Å². The van der Waals surface area contributed by atoms with Crippen molar-refractivity contribution in [2.75, 3.05) is 17.2 Å². The van der Waals surface area contributed by atoms with E-state index in [9.17, 15) is 0 Å². The number of fused-ring (bicyclic) bond motifs is 1. The Morgan fingerprint density at radius 1 is 1.29 bits per heavy atom.